The van der Waals surface area contributed by atoms with Crippen molar-refractivity contribution >= 4 is 59.9 Å². The van der Waals surface area contributed by atoms with Gasteiger partial charge in [0.1, 0.15) is 0 Å². The van der Waals surface area contributed by atoms with Crippen molar-refractivity contribution in [2.45, 2.75) is 6.92 Å². The molecule has 2 rings (SSSR count). The molecule has 2 aromatic rings. The first kappa shape index (κ1) is 8.97. The fraction of sp³-hybridized carbons (Fsp3) is 0.111. The van der Waals surface area contributed by atoms with Gasteiger partial charge in [0.15, 0.2) is 0 Å². The summed E-state index contributed by atoms with van der Waals surface area (Å²) in [7, 11) is 0. The van der Waals surface area contributed by atoms with Crippen LogP contribution in [0.15, 0.2) is 22.0 Å². The van der Waals surface area contributed by atoms with Crippen LogP contribution in [0.5, 0.6) is 0 Å². The van der Waals surface area contributed by atoms with Gasteiger partial charge in [-0.15, -0.1) is 11.3 Å². The normalized spacial score (nSPS) is 10.9. The Morgan fingerprint density at radius 2 is 2.25 bits per heavy atom. The highest BCUT2D eigenvalue weighted by molar-refractivity contribution is 14.1. The highest BCUT2D eigenvalue weighted by atomic mass is 127. The molecule has 1 heterocycles. The van der Waals surface area contributed by atoms with Gasteiger partial charge in [-0.3, -0.25) is 0 Å². The summed E-state index contributed by atoms with van der Waals surface area (Å²) in [6, 6.07) is 4.38. The van der Waals surface area contributed by atoms with E-state index in [1.54, 1.807) is 11.3 Å². The third kappa shape index (κ3) is 1.32. The average Bonchev–Trinajstić information content (AvgIpc) is 2.48. The van der Waals surface area contributed by atoms with E-state index >= 15 is 0 Å². The van der Waals surface area contributed by atoms with Gasteiger partial charge >= 0.3 is 0 Å². The van der Waals surface area contributed by atoms with E-state index in [1.165, 1.54) is 23.7 Å². The molecule has 0 nitrogen and oxygen atoms in total. The first-order valence-electron chi connectivity index (χ1n) is 3.52. The first-order chi connectivity index (χ1) is 5.70. The Hall–Kier alpha value is 0.390. The number of fused-ring (bicyclic) bond motifs is 1. The van der Waals surface area contributed by atoms with E-state index in [1.807, 2.05) is 0 Å². The molecule has 0 aliphatic rings. The third-order valence-corrected chi connectivity index (χ3v) is 4.92. The van der Waals surface area contributed by atoms with E-state index < -0.39 is 0 Å². The van der Waals surface area contributed by atoms with Crippen LogP contribution in [0.4, 0.5) is 0 Å². The Morgan fingerprint density at radius 1 is 1.50 bits per heavy atom. The molecule has 12 heavy (non-hydrogen) atoms. The van der Waals surface area contributed by atoms with Crippen LogP contribution in [0.2, 0.25) is 0 Å². The molecule has 0 saturated heterocycles. The lowest BCUT2D eigenvalue weighted by Crippen LogP contribution is -1.79. The van der Waals surface area contributed by atoms with Gasteiger partial charge in [0.2, 0.25) is 0 Å². The van der Waals surface area contributed by atoms with Crippen LogP contribution in [0.25, 0.3) is 10.1 Å². The molecule has 0 spiro atoms. The molecule has 0 aliphatic heterocycles. The molecule has 0 atom stereocenters. The van der Waals surface area contributed by atoms with Crippen LogP contribution in [-0.4, -0.2) is 0 Å². The second-order valence-electron chi connectivity index (χ2n) is 2.65. The maximum Gasteiger partial charge on any atom is 0.0498 e. The summed E-state index contributed by atoms with van der Waals surface area (Å²) in [5.74, 6) is 0. The summed E-state index contributed by atoms with van der Waals surface area (Å²) in [5.41, 5.74) is 1.31. The van der Waals surface area contributed by atoms with Crippen molar-refractivity contribution in [3.63, 3.8) is 0 Å². The fourth-order valence-corrected chi connectivity index (χ4v) is 3.80. The quantitative estimate of drug-likeness (QED) is 0.609. The molecule has 0 saturated carbocycles. The van der Waals surface area contributed by atoms with Gasteiger partial charge in [-0.25, -0.2) is 0 Å². The van der Waals surface area contributed by atoms with Crippen molar-refractivity contribution in [2.75, 3.05) is 0 Å². The Labute approximate surface area is 97.2 Å². The van der Waals surface area contributed by atoms with Crippen LogP contribution >= 0.6 is 49.9 Å². The van der Waals surface area contributed by atoms with Gasteiger partial charge in [-0.1, -0.05) is 0 Å². The predicted octanol–water partition coefficient (Wildman–Crippen LogP) is 4.58. The van der Waals surface area contributed by atoms with Gasteiger partial charge in [0, 0.05) is 18.1 Å². The maximum absolute atomic E-state index is 3.60. The maximum atomic E-state index is 3.60. The number of thiophene rings is 1. The van der Waals surface area contributed by atoms with E-state index in [9.17, 15) is 0 Å². The number of halogens is 2. The molecule has 1 aromatic carbocycles. The lowest BCUT2D eigenvalue weighted by atomic mass is 10.2. The van der Waals surface area contributed by atoms with E-state index in [2.05, 4.69) is 63.0 Å². The van der Waals surface area contributed by atoms with Crippen LogP contribution in [0, 0.1) is 10.5 Å². The first-order valence-corrected chi connectivity index (χ1v) is 6.27. The largest absolute Gasteiger partial charge is 0.143 e. The van der Waals surface area contributed by atoms with Crippen molar-refractivity contribution in [3.05, 3.63) is 31.1 Å². The zero-order valence-corrected chi connectivity index (χ0v) is 11.0. The third-order valence-electron chi connectivity index (χ3n) is 1.81. The molecule has 3 heteroatoms. The van der Waals surface area contributed by atoms with E-state index in [0.29, 0.717) is 0 Å². The molecule has 0 unspecified atom stereocenters. The van der Waals surface area contributed by atoms with Crippen LogP contribution < -0.4 is 0 Å². The second kappa shape index (κ2) is 3.27. The van der Waals surface area contributed by atoms with Gasteiger partial charge in [0.25, 0.3) is 0 Å². The Kier molecular flexibility index (Phi) is 2.44. The fourth-order valence-electron chi connectivity index (χ4n) is 1.18. The van der Waals surface area contributed by atoms with Crippen LogP contribution in [-0.2, 0) is 0 Å². The molecule has 0 N–H and O–H groups in total. The smallest absolute Gasteiger partial charge is 0.0498 e. The highest BCUT2D eigenvalue weighted by Crippen LogP contribution is 2.34. The number of hydrogen-bond acceptors (Lipinski definition) is 1. The molecule has 0 fully saturated rings. The minimum Gasteiger partial charge on any atom is -0.143 e. The lowest BCUT2D eigenvalue weighted by Gasteiger charge is -2.01. The van der Waals surface area contributed by atoms with Gasteiger partial charge in [0.05, 0.1) is 0 Å². The topological polar surface area (TPSA) is 0 Å². The van der Waals surface area contributed by atoms with Gasteiger partial charge < -0.3 is 0 Å². The van der Waals surface area contributed by atoms with Crippen molar-refractivity contribution in [1.29, 1.82) is 0 Å². The van der Waals surface area contributed by atoms with Crippen molar-refractivity contribution in [3.8, 4) is 0 Å². The average molecular weight is 353 g/mol. The summed E-state index contributed by atoms with van der Waals surface area (Å²) >= 11 is 7.77. The zero-order valence-electron chi connectivity index (χ0n) is 6.40. The Bertz CT molecular complexity index is 433. The molecular weight excluding hydrogens is 347 g/mol. The monoisotopic (exact) mass is 352 g/mol. The van der Waals surface area contributed by atoms with Gasteiger partial charge in [-0.05, 0) is 68.5 Å². The van der Waals surface area contributed by atoms with Crippen molar-refractivity contribution in [2.24, 2.45) is 0 Å². The molecule has 0 amide bonds. The standard InChI is InChI=1S/C9H6BrIS/c1-5-4-7(11)6-2-3-12-9(6)8(5)10/h2-4H,1H3. The van der Waals surface area contributed by atoms with Crippen molar-refractivity contribution in [1.82, 2.24) is 0 Å². The lowest BCUT2D eigenvalue weighted by molar-refractivity contribution is 1.47. The summed E-state index contributed by atoms with van der Waals surface area (Å²) in [5, 5.41) is 3.50. The molecule has 1 aromatic heterocycles. The number of hydrogen-bond donors (Lipinski definition) is 0. The second-order valence-corrected chi connectivity index (χ2v) is 5.52. The summed E-state index contributed by atoms with van der Waals surface area (Å²) in [6.45, 7) is 2.13. The zero-order chi connectivity index (χ0) is 8.72. The summed E-state index contributed by atoms with van der Waals surface area (Å²) in [4.78, 5) is 0. The summed E-state index contributed by atoms with van der Waals surface area (Å²) < 4.78 is 3.94. The SMILES string of the molecule is Cc1cc(I)c2ccsc2c1Br. The predicted molar refractivity (Wildman–Crippen MR) is 67.0 cm³/mol. The molecular formula is C9H6BrIS. The Morgan fingerprint density at radius 3 is 3.00 bits per heavy atom. The number of aryl methyl sites for hydroxylation is 1. The van der Waals surface area contributed by atoms with E-state index in [4.69, 9.17) is 0 Å². The minimum absolute atomic E-state index is 1.24. The molecule has 0 aliphatic carbocycles. The Balaban J connectivity index is 2.97. The number of rotatable bonds is 0. The molecule has 0 bridgehead atoms. The molecule has 62 valence electrons. The van der Waals surface area contributed by atoms with Crippen molar-refractivity contribution < 1.29 is 0 Å². The number of benzene rings is 1. The molecule has 0 radical (unpaired) electrons. The van der Waals surface area contributed by atoms with E-state index in [0.717, 1.165) is 0 Å². The van der Waals surface area contributed by atoms with Gasteiger partial charge in [-0.2, -0.15) is 0 Å². The van der Waals surface area contributed by atoms with Crippen LogP contribution in [0.1, 0.15) is 5.56 Å². The minimum atomic E-state index is 1.24. The highest BCUT2D eigenvalue weighted by Gasteiger charge is 2.06. The van der Waals surface area contributed by atoms with Crippen LogP contribution in [0.3, 0.4) is 0 Å². The van der Waals surface area contributed by atoms with E-state index in [-0.39, 0.29) is 0 Å². The summed E-state index contributed by atoms with van der Waals surface area (Å²) in [6.07, 6.45) is 0.